The van der Waals surface area contributed by atoms with Gasteiger partial charge in [-0.3, -0.25) is 14.4 Å². The van der Waals surface area contributed by atoms with Crippen molar-refractivity contribution in [1.29, 1.82) is 0 Å². The number of ether oxygens (including phenoxy) is 1. The molecule has 0 spiro atoms. The molecule has 0 saturated carbocycles. The Balaban J connectivity index is 2.04. The molecule has 130 valence electrons. The van der Waals surface area contributed by atoms with E-state index in [1.165, 1.54) is 0 Å². The maximum atomic E-state index is 12.2. The second kappa shape index (κ2) is 8.47. The van der Waals surface area contributed by atoms with E-state index < -0.39 is 5.92 Å². The number of unbranched alkanes of at least 4 members (excludes halogenated alkanes) is 1. The van der Waals surface area contributed by atoms with Crippen molar-refractivity contribution >= 4 is 29.2 Å². The van der Waals surface area contributed by atoms with Crippen LogP contribution in [-0.2, 0) is 19.1 Å². The van der Waals surface area contributed by atoms with Crippen LogP contribution in [0.1, 0.15) is 39.5 Å². The summed E-state index contributed by atoms with van der Waals surface area (Å²) in [4.78, 5) is 37.4. The largest absolute Gasteiger partial charge is 0.466 e. The number of nitrogens with zero attached hydrogens (tertiary/aromatic N) is 1. The first-order chi connectivity index (χ1) is 11.5. The molecule has 1 aliphatic rings. The second-order valence-electron chi connectivity index (χ2n) is 5.86. The molecule has 1 fully saturated rings. The Morgan fingerprint density at radius 2 is 2.12 bits per heavy atom. The fourth-order valence-corrected chi connectivity index (χ4v) is 2.69. The lowest BCUT2D eigenvalue weighted by molar-refractivity contribution is -0.147. The van der Waals surface area contributed by atoms with Gasteiger partial charge in [0.2, 0.25) is 11.8 Å². The molecule has 24 heavy (non-hydrogen) atoms. The van der Waals surface area contributed by atoms with Crippen molar-refractivity contribution in [2.45, 2.75) is 39.5 Å². The molecular formula is C18H24N2O4. The summed E-state index contributed by atoms with van der Waals surface area (Å²) in [6, 6.07) is 7.13. The zero-order chi connectivity index (χ0) is 17.5. The molecule has 0 bridgehead atoms. The summed E-state index contributed by atoms with van der Waals surface area (Å²) in [6.45, 7) is 4.40. The van der Waals surface area contributed by atoms with E-state index in [2.05, 4.69) is 5.32 Å². The number of nitrogens with one attached hydrogen (secondary N) is 1. The molecule has 1 aliphatic heterocycles. The fourth-order valence-electron chi connectivity index (χ4n) is 2.69. The minimum atomic E-state index is -0.430. The van der Waals surface area contributed by atoms with Crippen molar-refractivity contribution < 1.29 is 19.1 Å². The Labute approximate surface area is 142 Å². The van der Waals surface area contributed by atoms with E-state index in [0.717, 1.165) is 12.8 Å². The standard InChI is InChI=1S/C18H24N2O4/c1-3-5-9-16(21)19-14-7-6-8-15(11-14)20-12-13(10-17(20)22)18(23)24-4-2/h6-8,11,13H,3-5,9-10,12H2,1-2H3,(H,19,21)/t13-/m0/s1. The maximum Gasteiger partial charge on any atom is 0.311 e. The summed E-state index contributed by atoms with van der Waals surface area (Å²) in [5.74, 6) is -0.911. The Bertz CT molecular complexity index is 615. The van der Waals surface area contributed by atoms with Gasteiger partial charge in [0.05, 0.1) is 12.5 Å². The molecule has 1 atom stereocenters. The van der Waals surface area contributed by atoms with Crippen LogP contribution >= 0.6 is 0 Å². The molecule has 1 aromatic rings. The molecule has 0 unspecified atom stereocenters. The highest BCUT2D eigenvalue weighted by molar-refractivity contribution is 6.00. The quantitative estimate of drug-likeness (QED) is 0.779. The van der Waals surface area contributed by atoms with E-state index in [4.69, 9.17) is 4.74 Å². The van der Waals surface area contributed by atoms with Gasteiger partial charge in [0, 0.05) is 30.8 Å². The monoisotopic (exact) mass is 332 g/mol. The summed E-state index contributed by atoms with van der Waals surface area (Å²) in [5, 5.41) is 2.84. The van der Waals surface area contributed by atoms with E-state index in [1.54, 1.807) is 36.1 Å². The summed E-state index contributed by atoms with van der Waals surface area (Å²) in [6.07, 6.45) is 2.45. The predicted molar refractivity (Wildman–Crippen MR) is 91.7 cm³/mol. The van der Waals surface area contributed by atoms with Gasteiger partial charge >= 0.3 is 5.97 Å². The first-order valence-corrected chi connectivity index (χ1v) is 8.42. The molecule has 2 rings (SSSR count). The predicted octanol–water partition coefficient (Wildman–Crippen LogP) is 2.73. The highest BCUT2D eigenvalue weighted by atomic mass is 16.5. The van der Waals surface area contributed by atoms with Crippen LogP contribution in [0.2, 0.25) is 0 Å². The van der Waals surface area contributed by atoms with Crippen molar-refractivity contribution in [3.05, 3.63) is 24.3 Å². The molecule has 0 radical (unpaired) electrons. The molecule has 0 aliphatic carbocycles. The zero-order valence-electron chi connectivity index (χ0n) is 14.2. The topological polar surface area (TPSA) is 75.7 Å². The number of hydrogen-bond donors (Lipinski definition) is 1. The van der Waals surface area contributed by atoms with Gasteiger partial charge in [-0.25, -0.2) is 0 Å². The third-order valence-corrected chi connectivity index (χ3v) is 3.94. The van der Waals surface area contributed by atoms with Crippen LogP contribution < -0.4 is 10.2 Å². The molecule has 6 nitrogen and oxygen atoms in total. The van der Waals surface area contributed by atoms with Gasteiger partial charge in [0.15, 0.2) is 0 Å². The van der Waals surface area contributed by atoms with Gasteiger partial charge in [-0.05, 0) is 31.5 Å². The molecular weight excluding hydrogens is 308 g/mol. The van der Waals surface area contributed by atoms with E-state index >= 15 is 0 Å². The summed E-state index contributed by atoms with van der Waals surface area (Å²) in [7, 11) is 0. The molecule has 1 heterocycles. The number of benzene rings is 1. The SMILES string of the molecule is CCCCC(=O)Nc1cccc(N2C[C@@H](C(=O)OCC)CC2=O)c1. The number of carbonyl (C=O) groups is 3. The molecule has 1 aromatic carbocycles. The average Bonchev–Trinajstić information content (AvgIpc) is 2.95. The first kappa shape index (κ1) is 18.0. The molecule has 2 amide bonds. The third-order valence-electron chi connectivity index (χ3n) is 3.94. The summed E-state index contributed by atoms with van der Waals surface area (Å²) < 4.78 is 5.00. The first-order valence-electron chi connectivity index (χ1n) is 8.42. The number of carbonyl (C=O) groups excluding carboxylic acids is 3. The molecule has 1 N–H and O–H groups in total. The minimum Gasteiger partial charge on any atom is -0.466 e. The molecule has 1 saturated heterocycles. The second-order valence-corrected chi connectivity index (χ2v) is 5.86. The van der Waals surface area contributed by atoms with Crippen molar-refractivity contribution in [2.75, 3.05) is 23.4 Å². The van der Waals surface area contributed by atoms with Gasteiger partial charge in [-0.2, -0.15) is 0 Å². The Kier molecular flexibility index (Phi) is 6.35. The van der Waals surface area contributed by atoms with E-state index in [0.29, 0.717) is 30.9 Å². The summed E-state index contributed by atoms with van der Waals surface area (Å²) >= 11 is 0. The Morgan fingerprint density at radius 3 is 2.83 bits per heavy atom. The van der Waals surface area contributed by atoms with E-state index in [-0.39, 0.29) is 24.2 Å². The van der Waals surface area contributed by atoms with Crippen molar-refractivity contribution in [3.63, 3.8) is 0 Å². The lowest BCUT2D eigenvalue weighted by Crippen LogP contribution is -2.26. The molecule has 6 heteroatoms. The van der Waals surface area contributed by atoms with E-state index in [1.807, 2.05) is 6.92 Å². The number of anilines is 2. The van der Waals surface area contributed by atoms with Crippen LogP contribution in [0.15, 0.2) is 24.3 Å². The summed E-state index contributed by atoms with van der Waals surface area (Å²) in [5.41, 5.74) is 1.33. The van der Waals surface area contributed by atoms with E-state index in [9.17, 15) is 14.4 Å². The van der Waals surface area contributed by atoms with Crippen molar-refractivity contribution in [2.24, 2.45) is 5.92 Å². The lowest BCUT2D eigenvalue weighted by atomic mass is 10.1. The smallest absolute Gasteiger partial charge is 0.311 e. The van der Waals surface area contributed by atoms with Gasteiger partial charge in [-0.15, -0.1) is 0 Å². The zero-order valence-corrected chi connectivity index (χ0v) is 14.2. The van der Waals surface area contributed by atoms with Crippen molar-refractivity contribution in [1.82, 2.24) is 0 Å². The number of amides is 2. The highest BCUT2D eigenvalue weighted by Gasteiger charge is 2.36. The fraction of sp³-hybridized carbons (Fsp3) is 0.500. The lowest BCUT2D eigenvalue weighted by Gasteiger charge is -2.17. The van der Waals surface area contributed by atoms with Crippen LogP contribution in [0.5, 0.6) is 0 Å². The van der Waals surface area contributed by atoms with Crippen LogP contribution in [0.3, 0.4) is 0 Å². The normalized spacial score (nSPS) is 17.0. The van der Waals surface area contributed by atoms with Crippen LogP contribution in [-0.4, -0.2) is 30.9 Å². The van der Waals surface area contributed by atoms with Gasteiger partial charge < -0.3 is 15.0 Å². The van der Waals surface area contributed by atoms with Crippen molar-refractivity contribution in [3.8, 4) is 0 Å². The average molecular weight is 332 g/mol. The molecule has 0 aromatic heterocycles. The van der Waals surface area contributed by atoms with Gasteiger partial charge in [0.1, 0.15) is 0 Å². The van der Waals surface area contributed by atoms with Crippen LogP contribution in [0.4, 0.5) is 11.4 Å². The highest BCUT2D eigenvalue weighted by Crippen LogP contribution is 2.27. The maximum absolute atomic E-state index is 12.2. The minimum absolute atomic E-state index is 0.0360. The van der Waals surface area contributed by atoms with Crippen LogP contribution in [0.25, 0.3) is 0 Å². The van der Waals surface area contributed by atoms with Crippen LogP contribution in [0, 0.1) is 5.92 Å². The van der Waals surface area contributed by atoms with Gasteiger partial charge in [0.25, 0.3) is 0 Å². The Morgan fingerprint density at radius 1 is 1.33 bits per heavy atom. The van der Waals surface area contributed by atoms with Gasteiger partial charge in [-0.1, -0.05) is 19.4 Å². The Hall–Kier alpha value is -2.37. The number of rotatable bonds is 7. The third kappa shape index (κ3) is 4.57. The number of hydrogen-bond acceptors (Lipinski definition) is 4. The number of esters is 1.